The van der Waals surface area contributed by atoms with Crippen molar-refractivity contribution in [1.82, 2.24) is 21.3 Å². The van der Waals surface area contributed by atoms with Crippen LogP contribution in [0, 0.1) is 5.92 Å². The fraction of sp³-hybridized carbons (Fsp3) is 0.414. The molecule has 222 valence electrons. The molecule has 0 aliphatic heterocycles. The average Bonchev–Trinajstić information content (AvgIpc) is 2.91. The van der Waals surface area contributed by atoms with E-state index in [4.69, 9.17) is 5.73 Å². The summed E-state index contributed by atoms with van der Waals surface area (Å²) in [6.07, 6.45) is 0.470. The Kier molecular flexibility index (Phi) is 12.3. The number of carbonyl (C=O) groups excluding carboxylic acids is 4. The Labute approximate surface area is 239 Å². The molecule has 0 radical (unpaired) electrons. The first-order valence-corrected chi connectivity index (χ1v) is 13.3. The molecular weight excluding hydrogens is 530 g/mol. The Morgan fingerprint density at radius 2 is 1.49 bits per heavy atom. The highest BCUT2D eigenvalue weighted by Gasteiger charge is 2.37. The van der Waals surface area contributed by atoms with Crippen LogP contribution in [0.5, 0.6) is 5.75 Å². The molecule has 3 atom stereocenters. The first-order chi connectivity index (χ1) is 19.3. The van der Waals surface area contributed by atoms with Crippen molar-refractivity contribution in [2.75, 3.05) is 13.1 Å². The molecule has 2 aromatic carbocycles. The number of aliphatic carboxylic acids is 1. The van der Waals surface area contributed by atoms with Gasteiger partial charge in [0.05, 0.1) is 19.1 Å². The van der Waals surface area contributed by atoms with Crippen LogP contribution < -0.4 is 27.0 Å². The van der Waals surface area contributed by atoms with Crippen LogP contribution in [-0.4, -0.2) is 70.5 Å². The number of rotatable bonds is 15. The SMILES string of the molecule is CC(C)C[C@H](NC(=O)[C@](C)(Cc1ccccc1)NC(=O)CNC(=O)CNC(=O)[C@@H](N)Cc1ccc(O)cc1)C(=O)O. The van der Waals surface area contributed by atoms with Crippen LogP contribution >= 0.6 is 0 Å². The van der Waals surface area contributed by atoms with E-state index < -0.39 is 60.3 Å². The zero-order valence-electron chi connectivity index (χ0n) is 23.5. The molecule has 12 nitrogen and oxygen atoms in total. The van der Waals surface area contributed by atoms with Gasteiger partial charge in [0.25, 0.3) is 0 Å². The van der Waals surface area contributed by atoms with Gasteiger partial charge >= 0.3 is 5.97 Å². The minimum absolute atomic E-state index is 0.00411. The maximum Gasteiger partial charge on any atom is 0.326 e. The lowest BCUT2D eigenvalue weighted by molar-refractivity contribution is -0.143. The van der Waals surface area contributed by atoms with E-state index in [1.807, 2.05) is 13.8 Å². The van der Waals surface area contributed by atoms with Crippen molar-refractivity contribution in [3.63, 3.8) is 0 Å². The van der Waals surface area contributed by atoms with Gasteiger partial charge in [0.15, 0.2) is 0 Å². The van der Waals surface area contributed by atoms with Gasteiger partial charge in [0.1, 0.15) is 17.3 Å². The molecule has 0 aliphatic rings. The van der Waals surface area contributed by atoms with E-state index in [0.717, 1.165) is 11.1 Å². The molecule has 8 N–H and O–H groups in total. The van der Waals surface area contributed by atoms with E-state index in [0.29, 0.717) is 0 Å². The molecule has 2 aromatic rings. The van der Waals surface area contributed by atoms with E-state index in [2.05, 4.69) is 21.3 Å². The molecule has 41 heavy (non-hydrogen) atoms. The van der Waals surface area contributed by atoms with Gasteiger partial charge in [-0.15, -0.1) is 0 Å². The van der Waals surface area contributed by atoms with Crippen LogP contribution in [0.3, 0.4) is 0 Å². The highest BCUT2D eigenvalue weighted by Crippen LogP contribution is 2.16. The number of phenolic OH excluding ortho intramolecular Hbond substituents is 1. The Bertz CT molecular complexity index is 1200. The summed E-state index contributed by atoms with van der Waals surface area (Å²) in [5.41, 5.74) is 5.83. The molecule has 0 aromatic heterocycles. The summed E-state index contributed by atoms with van der Waals surface area (Å²) in [5, 5.41) is 28.9. The summed E-state index contributed by atoms with van der Waals surface area (Å²) in [5.74, 6) is -3.67. The van der Waals surface area contributed by atoms with E-state index in [-0.39, 0.29) is 30.9 Å². The molecular formula is C29H39N5O7. The lowest BCUT2D eigenvalue weighted by Crippen LogP contribution is -2.62. The van der Waals surface area contributed by atoms with Crippen LogP contribution in [0.1, 0.15) is 38.3 Å². The maximum absolute atomic E-state index is 13.3. The molecule has 0 saturated carbocycles. The lowest BCUT2D eigenvalue weighted by atomic mass is 9.90. The fourth-order valence-corrected chi connectivity index (χ4v) is 4.07. The third kappa shape index (κ3) is 11.3. The van der Waals surface area contributed by atoms with Crippen molar-refractivity contribution >= 4 is 29.6 Å². The zero-order chi connectivity index (χ0) is 30.6. The first-order valence-electron chi connectivity index (χ1n) is 13.3. The van der Waals surface area contributed by atoms with Crippen molar-refractivity contribution in [3.05, 3.63) is 65.7 Å². The third-order valence-corrected chi connectivity index (χ3v) is 6.23. The predicted molar refractivity (Wildman–Crippen MR) is 152 cm³/mol. The van der Waals surface area contributed by atoms with E-state index >= 15 is 0 Å². The molecule has 0 unspecified atom stereocenters. The van der Waals surface area contributed by atoms with Gasteiger partial charge in [0.2, 0.25) is 23.6 Å². The fourth-order valence-electron chi connectivity index (χ4n) is 4.07. The smallest absolute Gasteiger partial charge is 0.326 e. The number of amides is 4. The van der Waals surface area contributed by atoms with Crippen LogP contribution in [0.4, 0.5) is 0 Å². The first kappa shape index (κ1) is 32.8. The van der Waals surface area contributed by atoms with Crippen molar-refractivity contribution in [3.8, 4) is 5.75 Å². The van der Waals surface area contributed by atoms with Gasteiger partial charge in [-0.1, -0.05) is 56.3 Å². The highest BCUT2D eigenvalue weighted by molar-refractivity contribution is 5.95. The quantitative estimate of drug-likeness (QED) is 0.158. The summed E-state index contributed by atoms with van der Waals surface area (Å²) in [6, 6.07) is 13.0. The summed E-state index contributed by atoms with van der Waals surface area (Å²) in [6.45, 7) is 4.25. The Hall–Kier alpha value is -4.45. The summed E-state index contributed by atoms with van der Waals surface area (Å²) < 4.78 is 0. The molecule has 0 spiro atoms. The van der Waals surface area contributed by atoms with E-state index in [1.165, 1.54) is 19.1 Å². The second-order valence-corrected chi connectivity index (χ2v) is 10.5. The standard InChI is InChI=1S/C29H39N5O7/c1-18(2)13-23(27(39)40)33-28(41)29(3,15-20-7-5-4-6-8-20)34-25(37)17-31-24(36)16-32-26(38)22(30)14-19-9-11-21(35)12-10-19/h4-12,18,22-23,35H,13-17,30H2,1-3H3,(H,31,36)(H,32,38)(H,33,41)(H,34,37)(H,39,40)/t22-,23-,29-/m0/s1. The number of phenols is 1. The van der Waals surface area contributed by atoms with Crippen LogP contribution in [0.2, 0.25) is 0 Å². The van der Waals surface area contributed by atoms with Gasteiger partial charge in [-0.05, 0) is 48.9 Å². The Morgan fingerprint density at radius 3 is 2.07 bits per heavy atom. The molecule has 0 saturated heterocycles. The van der Waals surface area contributed by atoms with Crippen molar-refractivity contribution in [2.24, 2.45) is 11.7 Å². The molecule has 0 heterocycles. The number of benzene rings is 2. The van der Waals surface area contributed by atoms with Gasteiger partial charge in [-0.3, -0.25) is 19.2 Å². The molecule has 0 aliphatic carbocycles. The molecule has 12 heteroatoms. The minimum atomic E-state index is -1.52. The zero-order valence-corrected chi connectivity index (χ0v) is 23.5. The van der Waals surface area contributed by atoms with Crippen LogP contribution in [0.15, 0.2) is 54.6 Å². The minimum Gasteiger partial charge on any atom is -0.508 e. The number of nitrogens with two attached hydrogens (primary N) is 1. The van der Waals surface area contributed by atoms with Gasteiger partial charge in [-0.2, -0.15) is 0 Å². The Balaban J connectivity index is 1.95. The number of hydrogen-bond acceptors (Lipinski definition) is 7. The monoisotopic (exact) mass is 569 g/mol. The number of nitrogens with one attached hydrogen (secondary N) is 4. The number of carboxylic acids is 1. The number of carboxylic acid groups (broad SMARTS) is 1. The summed E-state index contributed by atoms with van der Waals surface area (Å²) in [4.78, 5) is 62.3. The van der Waals surface area contributed by atoms with E-state index in [9.17, 15) is 34.2 Å². The number of carbonyl (C=O) groups is 5. The topological polar surface area (TPSA) is 200 Å². The number of hydrogen-bond donors (Lipinski definition) is 7. The van der Waals surface area contributed by atoms with Crippen molar-refractivity contribution < 1.29 is 34.2 Å². The molecule has 0 fully saturated rings. The largest absolute Gasteiger partial charge is 0.508 e. The van der Waals surface area contributed by atoms with Crippen molar-refractivity contribution in [2.45, 2.75) is 57.7 Å². The normalized spacial score (nSPS) is 13.8. The molecule has 4 amide bonds. The Morgan fingerprint density at radius 1 is 0.878 bits per heavy atom. The number of aromatic hydroxyl groups is 1. The second kappa shape index (κ2) is 15.4. The third-order valence-electron chi connectivity index (χ3n) is 6.23. The lowest BCUT2D eigenvalue weighted by Gasteiger charge is -2.31. The maximum atomic E-state index is 13.3. The molecule has 2 rings (SSSR count). The van der Waals surface area contributed by atoms with Gasteiger partial charge < -0.3 is 37.2 Å². The van der Waals surface area contributed by atoms with Gasteiger partial charge in [0, 0.05) is 6.42 Å². The average molecular weight is 570 g/mol. The summed E-state index contributed by atoms with van der Waals surface area (Å²) >= 11 is 0. The summed E-state index contributed by atoms with van der Waals surface area (Å²) in [7, 11) is 0. The van der Waals surface area contributed by atoms with Crippen molar-refractivity contribution in [1.29, 1.82) is 0 Å². The molecule has 0 bridgehead atoms. The second-order valence-electron chi connectivity index (χ2n) is 10.5. The van der Waals surface area contributed by atoms with E-state index in [1.54, 1.807) is 42.5 Å². The van der Waals surface area contributed by atoms with Crippen LogP contribution in [0.25, 0.3) is 0 Å². The van der Waals surface area contributed by atoms with Crippen LogP contribution in [-0.2, 0) is 36.8 Å². The highest BCUT2D eigenvalue weighted by atomic mass is 16.4. The predicted octanol–water partition coefficient (Wildman–Crippen LogP) is 0.228. The van der Waals surface area contributed by atoms with Gasteiger partial charge in [-0.25, -0.2) is 4.79 Å².